The van der Waals surface area contributed by atoms with E-state index in [2.05, 4.69) is 30.7 Å². The molecule has 3 aromatic rings. The molecule has 0 saturated heterocycles. The van der Waals surface area contributed by atoms with Crippen molar-refractivity contribution in [3.8, 4) is 5.75 Å². The maximum Gasteiger partial charge on any atom is 0.573 e. The van der Waals surface area contributed by atoms with E-state index >= 15 is 0 Å². The van der Waals surface area contributed by atoms with Gasteiger partial charge in [0.2, 0.25) is 5.95 Å². The van der Waals surface area contributed by atoms with E-state index in [9.17, 15) is 22.8 Å². The third kappa shape index (κ3) is 5.54. The Morgan fingerprint density at radius 2 is 1.56 bits per heavy atom. The van der Waals surface area contributed by atoms with Gasteiger partial charge in [0.05, 0.1) is 0 Å². The number of alkyl halides is 3. The minimum absolute atomic E-state index is 0.0710. The second kappa shape index (κ2) is 8.48. The molecule has 0 aliphatic rings. The van der Waals surface area contributed by atoms with E-state index in [1.807, 2.05) is 27.7 Å². The van der Waals surface area contributed by atoms with Gasteiger partial charge in [0.15, 0.2) is 0 Å². The number of hydrogen-bond donors (Lipinski definition) is 3. The van der Waals surface area contributed by atoms with Gasteiger partial charge in [-0.05, 0) is 42.7 Å². The lowest BCUT2D eigenvalue weighted by molar-refractivity contribution is -0.274. The summed E-state index contributed by atoms with van der Waals surface area (Å²) in [5, 5.41) is 8.76. The van der Waals surface area contributed by atoms with E-state index < -0.39 is 17.2 Å². The molecule has 0 aliphatic heterocycles. The van der Waals surface area contributed by atoms with Gasteiger partial charge in [-0.25, -0.2) is 4.98 Å². The third-order valence-electron chi connectivity index (χ3n) is 4.82. The Morgan fingerprint density at radius 1 is 0.938 bits per heavy atom. The molecule has 32 heavy (non-hydrogen) atoms. The number of ether oxygens (including phenoxy) is 1. The molecule has 1 atom stereocenters. The Hall–Kier alpha value is -3.63. The summed E-state index contributed by atoms with van der Waals surface area (Å²) in [6, 6.07) is 6.48. The van der Waals surface area contributed by atoms with Crippen molar-refractivity contribution < 1.29 is 17.9 Å². The number of rotatable bonds is 7. The summed E-state index contributed by atoms with van der Waals surface area (Å²) in [4.78, 5) is 32.3. The zero-order chi connectivity index (χ0) is 23.7. The van der Waals surface area contributed by atoms with Gasteiger partial charge in [-0.15, -0.1) is 13.2 Å². The van der Waals surface area contributed by atoms with Crippen molar-refractivity contribution in [2.75, 3.05) is 16.0 Å². The van der Waals surface area contributed by atoms with E-state index in [1.54, 1.807) is 0 Å². The fourth-order valence-corrected chi connectivity index (χ4v) is 2.57. The van der Waals surface area contributed by atoms with Gasteiger partial charge in [-0.2, -0.15) is 4.98 Å². The first-order chi connectivity index (χ1) is 14.8. The van der Waals surface area contributed by atoms with Crippen molar-refractivity contribution in [2.24, 2.45) is 5.41 Å². The standard InChI is InChI=1S/C21H22F3N5O3/c1-11(20(2,3)4)26-15-16(18(31)17(15)30)28-14-9-10-25-19(29-14)27-12-5-7-13(8-6-12)32-21(22,23)24/h5-11,26H,1-4H3,(H2,25,27,28,29). The molecule has 0 fully saturated rings. The van der Waals surface area contributed by atoms with Crippen molar-refractivity contribution in [2.45, 2.75) is 40.1 Å². The third-order valence-corrected chi connectivity index (χ3v) is 4.82. The summed E-state index contributed by atoms with van der Waals surface area (Å²) >= 11 is 0. The largest absolute Gasteiger partial charge is 0.573 e. The maximum atomic E-state index is 12.3. The molecule has 1 unspecified atom stereocenters. The van der Waals surface area contributed by atoms with Gasteiger partial charge in [0.1, 0.15) is 22.9 Å². The van der Waals surface area contributed by atoms with Crippen LogP contribution in [-0.4, -0.2) is 22.4 Å². The summed E-state index contributed by atoms with van der Waals surface area (Å²) in [7, 11) is 0. The second-order valence-electron chi connectivity index (χ2n) is 8.23. The molecular formula is C21H22F3N5O3. The summed E-state index contributed by atoms with van der Waals surface area (Å²) < 4.78 is 40.6. The number of halogens is 3. The molecule has 0 spiro atoms. The lowest BCUT2D eigenvalue weighted by Crippen LogP contribution is -2.41. The lowest BCUT2D eigenvalue weighted by Gasteiger charge is -2.30. The monoisotopic (exact) mass is 449 g/mol. The molecule has 1 aromatic heterocycles. The summed E-state index contributed by atoms with van der Waals surface area (Å²) in [5.41, 5.74) is -0.648. The summed E-state index contributed by atoms with van der Waals surface area (Å²) in [6.45, 7) is 7.94. The minimum Gasteiger partial charge on any atom is -0.406 e. The summed E-state index contributed by atoms with van der Waals surface area (Å²) in [5.74, 6) is 0.0397. The van der Waals surface area contributed by atoms with Crippen LogP contribution in [0.25, 0.3) is 0 Å². The molecule has 3 rings (SSSR count). The lowest BCUT2D eigenvalue weighted by atomic mass is 9.87. The number of aromatic nitrogens is 2. The Labute approximate surface area is 181 Å². The van der Waals surface area contributed by atoms with Crippen LogP contribution in [0.5, 0.6) is 5.75 Å². The highest BCUT2D eigenvalue weighted by atomic mass is 19.4. The van der Waals surface area contributed by atoms with Gasteiger partial charge in [-0.1, -0.05) is 20.8 Å². The van der Waals surface area contributed by atoms with E-state index in [0.717, 1.165) is 12.1 Å². The molecule has 3 N–H and O–H groups in total. The minimum atomic E-state index is -4.77. The molecule has 0 aliphatic carbocycles. The predicted molar refractivity (Wildman–Crippen MR) is 116 cm³/mol. The molecule has 11 heteroatoms. The number of nitrogens with zero attached hydrogens (tertiary/aromatic N) is 2. The molecule has 8 nitrogen and oxygen atoms in total. The van der Waals surface area contributed by atoms with Crippen LogP contribution < -0.4 is 31.5 Å². The molecule has 0 amide bonds. The van der Waals surface area contributed by atoms with Crippen LogP contribution >= 0.6 is 0 Å². The van der Waals surface area contributed by atoms with E-state index in [0.29, 0.717) is 5.69 Å². The number of nitrogens with one attached hydrogen (secondary N) is 3. The Kier molecular flexibility index (Phi) is 6.11. The first-order valence-corrected chi connectivity index (χ1v) is 9.66. The fourth-order valence-electron chi connectivity index (χ4n) is 2.57. The Balaban J connectivity index is 1.72. The topological polar surface area (TPSA) is 105 Å². The quantitative estimate of drug-likeness (QED) is 0.459. The van der Waals surface area contributed by atoms with Crippen molar-refractivity contribution in [1.29, 1.82) is 0 Å². The van der Waals surface area contributed by atoms with E-state index in [-0.39, 0.29) is 40.3 Å². The highest BCUT2D eigenvalue weighted by Gasteiger charge is 2.31. The van der Waals surface area contributed by atoms with Gasteiger partial charge >= 0.3 is 6.36 Å². The van der Waals surface area contributed by atoms with Crippen LogP contribution in [0.1, 0.15) is 27.7 Å². The van der Waals surface area contributed by atoms with Crippen molar-refractivity contribution in [3.63, 3.8) is 0 Å². The average Bonchev–Trinajstić information content (AvgIpc) is 2.70. The van der Waals surface area contributed by atoms with Crippen LogP contribution in [0.3, 0.4) is 0 Å². The van der Waals surface area contributed by atoms with E-state index in [1.165, 1.54) is 24.4 Å². The van der Waals surface area contributed by atoms with Crippen LogP contribution in [0.4, 0.5) is 42.0 Å². The Morgan fingerprint density at radius 3 is 2.16 bits per heavy atom. The van der Waals surface area contributed by atoms with Crippen LogP contribution in [0.2, 0.25) is 0 Å². The van der Waals surface area contributed by atoms with Crippen LogP contribution in [-0.2, 0) is 0 Å². The fraction of sp³-hybridized carbons (Fsp3) is 0.333. The smallest absolute Gasteiger partial charge is 0.406 e. The molecule has 2 aromatic carbocycles. The van der Waals surface area contributed by atoms with Gasteiger partial charge in [-0.3, -0.25) is 9.59 Å². The SMILES string of the molecule is CC(Nc1c(Nc2ccnc(Nc3ccc(OC(F)(F)F)cc3)n2)c(=O)c1=O)C(C)(C)C. The van der Waals surface area contributed by atoms with Gasteiger partial charge < -0.3 is 20.7 Å². The first-order valence-electron chi connectivity index (χ1n) is 9.66. The Bertz CT molecular complexity index is 1160. The van der Waals surface area contributed by atoms with Crippen LogP contribution in [0, 0.1) is 5.41 Å². The maximum absolute atomic E-state index is 12.3. The van der Waals surface area contributed by atoms with Gasteiger partial charge in [0.25, 0.3) is 10.9 Å². The number of hydrogen-bond acceptors (Lipinski definition) is 8. The molecular weight excluding hydrogens is 427 g/mol. The zero-order valence-electron chi connectivity index (χ0n) is 17.8. The van der Waals surface area contributed by atoms with Crippen LogP contribution in [0.15, 0.2) is 46.1 Å². The molecule has 0 radical (unpaired) electrons. The highest BCUT2D eigenvalue weighted by Crippen LogP contribution is 2.27. The van der Waals surface area contributed by atoms with Crippen molar-refractivity contribution in [1.82, 2.24) is 9.97 Å². The molecule has 0 bridgehead atoms. The second-order valence-corrected chi connectivity index (χ2v) is 8.23. The highest BCUT2D eigenvalue weighted by molar-refractivity contribution is 5.78. The van der Waals surface area contributed by atoms with Crippen molar-refractivity contribution >= 4 is 28.8 Å². The predicted octanol–water partition coefficient (Wildman–Crippen LogP) is 4.30. The molecule has 0 saturated carbocycles. The molecule has 170 valence electrons. The number of benzene rings is 1. The first kappa shape index (κ1) is 23.0. The zero-order valence-corrected chi connectivity index (χ0v) is 17.8. The van der Waals surface area contributed by atoms with Gasteiger partial charge in [0, 0.05) is 17.9 Å². The summed E-state index contributed by atoms with van der Waals surface area (Å²) in [6.07, 6.45) is -3.35. The van der Waals surface area contributed by atoms with E-state index in [4.69, 9.17) is 0 Å². The normalized spacial score (nSPS) is 13.0. The van der Waals surface area contributed by atoms with Crippen molar-refractivity contribution in [3.05, 3.63) is 57.0 Å². The number of anilines is 5. The molecule has 1 heterocycles. The average molecular weight is 449 g/mol.